The first-order valence-electron chi connectivity index (χ1n) is 6.85. The molecule has 1 amide bonds. The second-order valence-electron chi connectivity index (χ2n) is 4.67. The lowest BCUT2D eigenvalue weighted by atomic mass is 10.1. The minimum absolute atomic E-state index is 0.171. The molecule has 1 fully saturated rings. The molecule has 18 heavy (non-hydrogen) atoms. The first kappa shape index (κ1) is 15.4. The molecule has 1 rings (SSSR count). The van der Waals surface area contributed by atoms with Crippen LogP contribution in [0.25, 0.3) is 0 Å². The molecule has 0 saturated heterocycles. The Morgan fingerprint density at radius 2 is 1.67 bits per heavy atom. The quantitative estimate of drug-likeness (QED) is 0.584. The van der Waals surface area contributed by atoms with Gasteiger partial charge in [0.15, 0.2) is 0 Å². The molecule has 0 bridgehead atoms. The molecular weight excluding hydrogens is 232 g/mol. The molecule has 0 aromatic rings. The Hall–Kier alpha value is -0.650. The first-order valence-corrected chi connectivity index (χ1v) is 6.85. The van der Waals surface area contributed by atoms with Gasteiger partial charge in [0.25, 0.3) is 0 Å². The number of nitrogens with two attached hydrogens (primary N) is 1. The monoisotopic (exact) mass is 258 g/mol. The molecule has 0 aliphatic heterocycles. The molecule has 0 aromatic heterocycles. The van der Waals surface area contributed by atoms with Crippen molar-refractivity contribution in [2.24, 2.45) is 11.1 Å². The van der Waals surface area contributed by atoms with Gasteiger partial charge in [-0.1, -0.05) is 0 Å². The Labute approximate surface area is 110 Å². The summed E-state index contributed by atoms with van der Waals surface area (Å²) in [6.07, 6.45) is 1.84. The van der Waals surface area contributed by atoms with Crippen molar-refractivity contribution in [1.29, 1.82) is 0 Å². The summed E-state index contributed by atoms with van der Waals surface area (Å²) in [6, 6.07) is 0. The summed E-state index contributed by atoms with van der Waals surface area (Å²) in [6.45, 7) is 8.12. The predicted molar refractivity (Wildman–Crippen MR) is 70.3 cm³/mol. The predicted octanol–water partition coefficient (Wildman–Crippen LogP) is 0.627. The number of carbonyl (C=O) groups excluding carboxylic acids is 1. The highest BCUT2D eigenvalue weighted by Gasteiger charge is 2.50. The molecule has 5 nitrogen and oxygen atoms in total. The van der Waals surface area contributed by atoms with Gasteiger partial charge in [0.05, 0.1) is 18.6 Å². The minimum atomic E-state index is -0.279. The number of carbonyl (C=O) groups is 1. The van der Waals surface area contributed by atoms with Crippen LogP contribution in [0.15, 0.2) is 0 Å². The largest absolute Gasteiger partial charge is 0.380 e. The lowest BCUT2D eigenvalue weighted by Crippen LogP contribution is -2.43. The fourth-order valence-electron chi connectivity index (χ4n) is 1.94. The minimum Gasteiger partial charge on any atom is -0.380 e. The highest BCUT2D eigenvalue weighted by Crippen LogP contribution is 2.46. The van der Waals surface area contributed by atoms with E-state index in [4.69, 9.17) is 15.2 Å². The third-order valence-corrected chi connectivity index (χ3v) is 3.40. The Morgan fingerprint density at radius 3 is 2.00 bits per heavy atom. The van der Waals surface area contributed by atoms with E-state index in [-0.39, 0.29) is 11.3 Å². The van der Waals surface area contributed by atoms with Gasteiger partial charge in [0, 0.05) is 32.8 Å². The number of amides is 1. The maximum Gasteiger partial charge on any atom is 0.230 e. The van der Waals surface area contributed by atoms with Crippen molar-refractivity contribution in [3.63, 3.8) is 0 Å². The van der Waals surface area contributed by atoms with E-state index in [1.807, 2.05) is 18.7 Å². The molecule has 2 N–H and O–H groups in total. The molecule has 0 aromatic carbocycles. The normalized spacial score (nSPS) is 16.6. The standard InChI is InChI=1S/C13H26N2O3/c1-3-17-9-7-15(8-10-18-4-2)12(16)13(11-14)5-6-13/h3-11,14H2,1-2H3. The summed E-state index contributed by atoms with van der Waals surface area (Å²) in [5.74, 6) is 0.171. The highest BCUT2D eigenvalue weighted by molar-refractivity contribution is 5.85. The second-order valence-corrected chi connectivity index (χ2v) is 4.67. The molecule has 0 spiro atoms. The third kappa shape index (κ3) is 4.23. The molecule has 5 heteroatoms. The van der Waals surface area contributed by atoms with Gasteiger partial charge in [-0.3, -0.25) is 4.79 Å². The van der Waals surface area contributed by atoms with Crippen LogP contribution in [0.3, 0.4) is 0 Å². The van der Waals surface area contributed by atoms with E-state index in [1.165, 1.54) is 0 Å². The Balaban J connectivity index is 2.44. The summed E-state index contributed by atoms with van der Waals surface area (Å²) < 4.78 is 10.6. The van der Waals surface area contributed by atoms with Gasteiger partial charge in [-0.15, -0.1) is 0 Å². The van der Waals surface area contributed by atoms with Crippen LogP contribution < -0.4 is 5.73 Å². The smallest absolute Gasteiger partial charge is 0.230 e. The van der Waals surface area contributed by atoms with E-state index < -0.39 is 0 Å². The van der Waals surface area contributed by atoms with Gasteiger partial charge in [0.1, 0.15) is 0 Å². The Morgan fingerprint density at radius 1 is 1.17 bits per heavy atom. The first-order chi connectivity index (χ1) is 8.70. The van der Waals surface area contributed by atoms with Crippen molar-refractivity contribution in [3.8, 4) is 0 Å². The second kappa shape index (κ2) is 7.71. The maximum absolute atomic E-state index is 12.4. The van der Waals surface area contributed by atoms with Crippen molar-refractivity contribution in [1.82, 2.24) is 4.90 Å². The topological polar surface area (TPSA) is 64.8 Å². The van der Waals surface area contributed by atoms with E-state index in [2.05, 4.69) is 0 Å². The van der Waals surface area contributed by atoms with Crippen LogP contribution in [0.5, 0.6) is 0 Å². The van der Waals surface area contributed by atoms with Crippen LogP contribution >= 0.6 is 0 Å². The summed E-state index contributed by atoms with van der Waals surface area (Å²) in [4.78, 5) is 14.2. The Kier molecular flexibility index (Phi) is 6.60. The van der Waals surface area contributed by atoms with Crippen LogP contribution in [0.4, 0.5) is 0 Å². The third-order valence-electron chi connectivity index (χ3n) is 3.40. The zero-order valence-electron chi connectivity index (χ0n) is 11.6. The Bertz CT molecular complexity index is 245. The van der Waals surface area contributed by atoms with Crippen LogP contribution in [-0.2, 0) is 14.3 Å². The lowest BCUT2D eigenvalue weighted by Gasteiger charge is -2.26. The number of hydrogen-bond donors (Lipinski definition) is 1. The fourth-order valence-corrected chi connectivity index (χ4v) is 1.94. The molecule has 1 aliphatic carbocycles. The van der Waals surface area contributed by atoms with Gasteiger partial charge in [-0.25, -0.2) is 0 Å². The SMILES string of the molecule is CCOCCN(CCOCC)C(=O)C1(CN)CC1. The molecule has 0 heterocycles. The van der Waals surface area contributed by atoms with E-state index in [0.717, 1.165) is 12.8 Å². The summed E-state index contributed by atoms with van der Waals surface area (Å²) >= 11 is 0. The maximum atomic E-state index is 12.4. The number of rotatable bonds is 10. The van der Waals surface area contributed by atoms with Crippen molar-refractivity contribution < 1.29 is 14.3 Å². The average molecular weight is 258 g/mol. The van der Waals surface area contributed by atoms with Gasteiger partial charge in [-0.2, -0.15) is 0 Å². The van der Waals surface area contributed by atoms with Crippen LogP contribution in [-0.4, -0.2) is 56.9 Å². The summed E-state index contributed by atoms with van der Waals surface area (Å²) in [7, 11) is 0. The van der Waals surface area contributed by atoms with E-state index in [0.29, 0.717) is 46.1 Å². The fraction of sp³-hybridized carbons (Fsp3) is 0.923. The van der Waals surface area contributed by atoms with Gasteiger partial charge < -0.3 is 20.1 Å². The lowest BCUT2D eigenvalue weighted by molar-refractivity contribution is -0.138. The van der Waals surface area contributed by atoms with E-state index >= 15 is 0 Å². The van der Waals surface area contributed by atoms with Gasteiger partial charge >= 0.3 is 0 Å². The van der Waals surface area contributed by atoms with Crippen molar-refractivity contribution >= 4 is 5.91 Å². The van der Waals surface area contributed by atoms with E-state index in [1.54, 1.807) is 0 Å². The van der Waals surface area contributed by atoms with Gasteiger partial charge in [0.2, 0.25) is 5.91 Å². The van der Waals surface area contributed by atoms with Crippen LogP contribution in [0, 0.1) is 5.41 Å². The molecule has 1 saturated carbocycles. The molecule has 0 unspecified atom stereocenters. The molecular formula is C13H26N2O3. The molecule has 106 valence electrons. The van der Waals surface area contributed by atoms with Gasteiger partial charge in [-0.05, 0) is 26.7 Å². The van der Waals surface area contributed by atoms with Crippen molar-refractivity contribution in [2.75, 3.05) is 46.1 Å². The van der Waals surface area contributed by atoms with Crippen LogP contribution in [0.2, 0.25) is 0 Å². The molecule has 0 atom stereocenters. The number of hydrogen-bond acceptors (Lipinski definition) is 4. The van der Waals surface area contributed by atoms with Crippen molar-refractivity contribution in [2.45, 2.75) is 26.7 Å². The summed E-state index contributed by atoms with van der Waals surface area (Å²) in [5.41, 5.74) is 5.43. The van der Waals surface area contributed by atoms with E-state index in [9.17, 15) is 4.79 Å². The molecule has 0 radical (unpaired) electrons. The summed E-state index contributed by atoms with van der Waals surface area (Å²) in [5, 5.41) is 0. The zero-order valence-corrected chi connectivity index (χ0v) is 11.6. The van der Waals surface area contributed by atoms with Crippen molar-refractivity contribution in [3.05, 3.63) is 0 Å². The zero-order chi connectivity index (χ0) is 13.4. The number of nitrogens with zero attached hydrogens (tertiary/aromatic N) is 1. The van der Waals surface area contributed by atoms with Crippen LogP contribution in [0.1, 0.15) is 26.7 Å². The highest BCUT2D eigenvalue weighted by atomic mass is 16.5. The average Bonchev–Trinajstić information content (AvgIpc) is 3.17. The number of ether oxygens (including phenoxy) is 2. The molecule has 1 aliphatic rings.